The van der Waals surface area contributed by atoms with E-state index in [1.54, 1.807) is 12.1 Å². The molecule has 0 amide bonds. The molecular weight excluding hydrogens is 189 g/mol. The molecule has 0 heterocycles. The van der Waals surface area contributed by atoms with Crippen molar-refractivity contribution in [2.45, 2.75) is 19.3 Å². The highest BCUT2D eigenvalue weighted by Gasteiger charge is 2.10. The van der Waals surface area contributed by atoms with Gasteiger partial charge in [0.25, 0.3) is 0 Å². The zero-order chi connectivity index (χ0) is 10.5. The first-order chi connectivity index (χ1) is 7.36. The molecule has 0 saturated heterocycles. The maximum Gasteiger partial charge on any atom is 0.146 e. The van der Waals surface area contributed by atoms with E-state index in [-0.39, 0.29) is 5.82 Å². The van der Waals surface area contributed by atoms with E-state index in [9.17, 15) is 4.39 Å². The zero-order valence-corrected chi connectivity index (χ0v) is 8.75. The molecule has 1 atom stereocenters. The van der Waals surface area contributed by atoms with E-state index in [1.165, 1.54) is 12.5 Å². The molecule has 0 spiro atoms. The molecule has 2 rings (SSSR count). The van der Waals surface area contributed by atoms with E-state index in [4.69, 9.17) is 0 Å². The van der Waals surface area contributed by atoms with Gasteiger partial charge in [0.05, 0.1) is 5.69 Å². The number of anilines is 1. The van der Waals surface area contributed by atoms with Crippen LogP contribution in [0.2, 0.25) is 0 Å². The van der Waals surface area contributed by atoms with Gasteiger partial charge in [-0.3, -0.25) is 0 Å². The largest absolute Gasteiger partial charge is 0.382 e. The van der Waals surface area contributed by atoms with E-state index in [0.717, 1.165) is 19.4 Å². The lowest BCUT2D eigenvalue weighted by atomic mass is 9.94. The summed E-state index contributed by atoms with van der Waals surface area (Å²) in [6, 6.07) is 6.84. The van der Waals surface area contributed by atoms with Crippen molar-refractivity contribution in [1.29, 1.82) is 0 Å². The Kier molecular flexibility index (Phi) is 3.38. The average molecular weight is 205 g/mol. The Balaban J connectivity index is 1.87. The Bertz CT molecular complexity index is 346. The van der Waals surface area contributed by atoms with Crippen molar-refractivity contribution in [3.8, 4) is 0 Å². The van der Waals surface area contributed by atoms with Crippen molar-refractivity contribution in [3.05, 3.63) is 42.2 Å². The standard InChI is InChI=1S/C13H16FN/c14-12-8-4-5-9-13(12)15-10-11-6-2-1-3-7-11/h1-2,4-5,8-9,11,15H,3,6-7,10H2/t11-/m0/s1. The molecule has 1 aliphatic rings. The molecule has 1 N–H and O–H groups in total. The topological polar surface area (TPSA) is 12.0 Å². The highest BCUT2D eigenvalue weighted by atomic mass is 19.1. The first-order valence-corrected chi connectivity index (χ1v) is 5.49. The molecule has 0 fully saturated rings. The lowest BCUT2D eigenvalue weighted by Gasteiger charge is -2.18. The van der Waals surface area contributed by atoms with E-state index in [1.807, 2.05) is 6.07 Å². The van der Waals surface area contributed by atoms with Gasteiger partial charge in [-0.1, -0.05) is 24.3 Å². The summed E-state index contributed by atoms with van der Waals surface area (Å²) < 4.78 is 13.3. The molecule has 0 bridgehead atoms. The molecule has 2 heteroatoms. The summed E-state index contributed by atoms with van der Waals surface area (Å²) in [5.41, 5.74) is 0.618. The monoisotopic (exact) mass is 205 g/mol. The highest BCUT2D eigenvalue weighted by Crippen LogP contribution is 2.20. The number of hydrogen-bond donors (Lipinski definition) is 1. The Morgan fingerprint density at radius 1 is 1.27 bits per heavy atom. The predicted octanol–water partition coefficient (Wildman–Crippen LogP) is 3.59. The van der Waals surface area contributed by atoms with Gasteiger partial charge < -0.3 is 5.32 Å². The van der Waals surface area contributed by atoms with Crippen LogP contribution in [0.25, 0.3) is 0 Å². The third-order valence-electron chi connectivity index (χ3n) is 2.83. The van der Waals surface area contributed by atoms with Gasteiger partial charge in [-0.25, -0.2) is 4.39 Å². The van der Waals surface area contributed by atoms with Crippen LogP contribution in [-0.2, 0) is 0 Å². The minimum Gasteiger partial charge on any atom is -0.382 e. The van der Waals surface area contributed by atoms with Gasteiger partial charge in [-0.2, -0.15) is 0 Å². The van der Waals surface area contributed by atoms with Crippen molar-refractivity contribution >= 4 is 5.69 Å². The van der Waals surface area contributed by atoms with Crippen molar-refractivity contribution < 1.29 is 4.39 Å². The van der Waals surface area contributed by atoms with Crippen LogP contribution >= 0.6 is 0 Å². The van der Waals surface area contributed by atoms with Crippen molar-refractivity contribution in [3.63, 3.8) is 0 Å². The predicted molar refractivity (Wildman–Crippen MR) is 61.4 cm³/mol. The molecular formula is C13H16FN. The summed E-state index contributed by atoms with van der Waals surface area (Å²) >= 11 is 0. The smallest absolute Gasteiger partial charge is 0.146 e. The van der Waals surface area contributed by atoms with Crippen LogP contribution in [0.5, 0.6) is 0 Å². The second-order valence-electron chi connectivity index (χ2n) is 4.01. The molecule has 1 aromatic carbocycles. The lowest BCUT2D eigenvalue weighted by molar-refractivity contribution is 0.502. The fourth-order valence-electron chi connectivity index (χ4n) is 1.90. The SMILES string of the molecule is Fc1ccccc1NC[C@H]1CC=CCC1. The summed E-state index contributed by atoms with van der Waals surface area (Å²) in [5.74, 6) is 0.485. The van der Waals surface area contributed by atoms with Crippen LogP contribution in [0.4, 0.5) is 10.1 Å². The van der Waals surface area contributed by atoms with Crippen molar-refractivity contribution in [1.82, 2.24) is 0 Å². The van der Waals surface area contributed by atoms with E-state index >= 15 is 0 Å². The van der Waals surface area contributed by atoms with E-state index in [0.29, 0.717) is 11.6 Å². The molecule has 0 aromatic heterocycles. The number of halogens is 1. The number of para-hydroxylation sites is 1. The third-order valence-corrected chi connectivity index (χ3v) is 2.83. The number of benzene rings is 1. The van der Waals surface area contributed by atoms with E-state index < -0.39 is 0 Å². The van der Waals surface area contributed by atoms with Gasteiger partial charge in [-0.15, -0.1) is 0 Å². The normalized spacial score (nSPS) is 20.2. The number of nitrogens with one attached hydrogen (secondary N) is 1. The fourth-order valence-corrected chi connectivity index (χ4v) is 1.90. The van der Waals surface area contributed by atoms with Crippen LogP contribution in [0.1, 0.15) is 19.3 Å². The molecule has 1 aromatic rings. The number of allylic oxidation sites excluding steroid dienone is 2. The maximum atomic E-state index is 13.3. The minimum absolute atomic E-state index is 0.163. The first kappa shape index (κ1) is 10.2. The molecule has 0 aliphatic heterocycles. The number of rotatable bonds is 3. The summed E-state index contributed by atoms with van der Waals surface area (Å²) in [5, 5.41) is 3.17. The maximum absolute atomic E-state index is 13.3. The lowest BCUT2D eigenvalue weighted by Crippen LogP contribution is -2.15. The highest BCUT2D eigenvalue weighted by molar-refractivity contribution is 5.44. The van der Waals surface area contributed by atoms with Crippen LogP contribution in [0.15, 0.2) is 36.4 Å². The van der Waals surface area contributed by atoms with Crippen LogP contribution in [0, 0.1) is 11.7 Å². The molecule has 0 unspecified atom stereocenters. The minimum atomic E-state index is -0.163. The van der Waals surface area contributed by atoms with Gasteiger partial charge in [0.1, 0.15) is 5.82 Å². The molecule has 1 nitrogen and oxygen atoms in total. The zero-order valence-electron chi connectivity index (χ0n) is 8.75. The summed E-state index contributed by atoms with van der Waals surface area (Å²) in [7, 11) is 0. The Morgan fingerprint density at radius 2 is 2.13 bits per heavy atom. The Morgan fingerprint density at radius 3 is 2.87 bits per heavy atom. The van der Waals surface area contributed by atoms with Crippen molar-refractivity contribution in [2.24, 2.45) is 5.92 Å². The third kappa shape index (κ3) is 2.82. The van der Waals surface area contributed by atoms with Gasteiger partial charge in [0.15, 0.2) is 0 Å². The average Bonchev–Trinajstić information content (AvgIpc) is 2.29. The van der Waals surface area contributed by atoms with Gasteiger partial charge in [0, 0.05) is 6.54 Å². The second kappa shape index (κ2) is 4.96. The summed E-state index contributed by atoms with van der Waals surface area (Å²) in [6.07, 6.45) is 7.92. The number of hydrogen-bond acceptors (Lipinski definition) is 1. The molecule has 0 radical (unpaired) electrons. The van der Waals surface area contributed by atoms with Crippen molar-refractivity contribution in [2.75, 3.05) is 11.9 Å². The summed E-state index contributed by atoms with van der Waals surface area (Å²) in [4.78, 5) is 0. The Labute approximate surface area is 90.0 Å². The quantitative estimate of drug-likeness (QED) is 0.743. The van der Waals surface area contributed by atoms with E-state index in [2.05, 4.69) is 17.5 Å². The Hall–Kier alpha value is -1.31. The van der Waals surface area contributed by atoms with Crippen LogP contribution in [-0.4, -0.2) is 6.54 Å². The molecule has 1 aliphatic carbocycles. The molecule has 15 heavy (non-hydrogen) atoms. The fraction of sp³-hybridized carbons (Fsp3) is 0.385. The molecule has 0 saturated carbocycles. The van der Waals surface area contributed by atoms with Gasteiger partial charge >= 0.3 is 0 Å². The molecule has 80 valence electrons. The first-order valence-electron chi connectivity index (χ1n) is 5.49. The van der Waals surface area contributed by atoms with Crippen LogP contribution < -0.4 is 5.32 Å². The van der Waals surface area contributed by atoms with Gasteiger partial charge in [0.2, 0.25) is 0 Å². The second-order valence-corrected chi connectivity index (χ2v) is 4.01. The summed E-state index contributed by atoms with van der Waals surface area (Å²) in [6.45, 7) is 0.866. The van der Waals surface area contributed by atoms with Gasteiger partial charge in [-0.05, 0) is 37.3 Å². The van der Waals surface area contributed by atoms with Crippen LogP contribution in [0.3, 0.4) is 0 Å².